The second-order valence-corrected chi connectivity index (χ2v) is 4.75. The summed E-state index contributed by atoms with van der Waals surface area (Å²) in [6.45, 7) is 1.90. The van der Waals surface area contributed by atoms with E-state index >= 15 is 0 Å². The number of methoxy groups -OCH3 is 1. The number of primary sulfonamides is 1. The number of nitrogens with two attached hydrogens (primary N) is 1. The van der Waals surface area contributed by atoms with Crippen molar-refractivity contribution in [3.05, 3.63) is 29.3 Å². The Balaban J connectivity index is 3.45. The highest BCUT2D eigenvalue weighted by molar-refractivity contribution is 7.89. The molecular weight excluding hydrogens is 230 g/mol. The molecule has 0 bridgehead atoms. The maximum absolute atomic E-state index is 11.4. The minimum absolute atomic E-state index is 0.0237. The third kappa shape index (κ3) is 2.59. The van der Waals surface area contributed by atoms with Crippen LogP contribution in [-0.4, -0.2) is 21.5 Å². The summed E-state index contributed by atoms with van der Waals surface area (Å²) in [4.78, 5) is 11.2. The summed E-state index contributed by atoms with van der Waals surface area (Å²) in [6.07, 6.45) is 0.689. The minimum Gasteiger partial charge on any atom is -0.465 e. The fraction of sp³-hybridized carbons (Fsp3) is 0.300. The summed E-state index contributed by atoms with van der Waals surface area (Å²) in [7, 11) is -2.73. The first kappa shape index (κ1) is 12.7. The Morgan fingerprint density at radius 2 is 2.06 bits per heavy atom. The molecule has 0 aliphatic rings. The Labute approximate surface area is 94.3 Å². The second-order valence-electron chi connectivity index (χ2n) is 3.22. The standard InChI is InChI=1S/C10H13NO4S/c1-3-7-4-5-9(16(11,13)14)8(6-7)10(12)15-2/h4-6H,3H2,1-2H3,(H2,11,13,14). The predicted octanol–water partition coefficient (Wildman–Crippen LogP) is 0.683. The van der Waals surface area contributed by atoms with Gasteiger partial charge in [0.15, 0.2) is 0 Å². The molecule has 0 saturated carbocycles. The highest BCUT2D eigenvalue weighted by Gasteiger charge is 2.19. The number of ether oxygens (including phenoxy) is 1. The van der Waals surface area contributed by atoms with E-state index < -0.39 is 16.0 Å². The normalized spacial score (nSPS) is 11.2. The Kier molecular flexibility index (Phi) is 3.66. The molecule has 1 aromatic carbocycles. The minimum atomic E-state index is -3.91. The van der Waals surface area contributed by atoms with Crippen LogP contribution in [0.1, 0.15) is 22.8 Å². The number of sulfonamides is 1. The van der Waals surface area contributed by atoms with E-state index in [0.29, 0.717) is 6.42 Å². The van der Waals surface area contributed by atoms with E-state index in [0.717, 1.165) is 5.56 Å². The predicted molar refractivity (Wildman–Crippen MR) is 58.5 cm³/mol. The maximum atomic E-state index is 11.4. The largest absolute Gasteiger partial charge is 0.465 e. The molecule has 5 nitrogen and oxygen atoms in total. The Hall–Kier alpha value is -1.40. The van der Waals surface area contributed by atoms with Gasteiger partial charge < -0.3 is 4.74 Å². The van der Waals surface area contributed by atoms with Crippen LogP contribution in [0.5, 0.6) is 0 Å². The van der Waals surface area contributed by atoms with Crippen molar-refractivity contribution in [1.82, 2.24) is 0 Å². The Bertz CT molecular complexity index is 508. The van der Waals surface area contributed by atoms with Crippen LogP contribution in [0.4, 0.5) is 0 Å². The van der Waals surface area contributed by atoms with E-state index in [-0.39, 0.29) is 10.5 Å². The molecule has 0 heterocycles. The monoisotopic (exact) mass is 243 g/mol. The number of carbonyl (C=O) groups is 1. The van der Waals surface area contributed by atoms with Crippen molar-refractivity contribution in [2.75, 3.05) is 7.11 Å². The molecule has 0 atom stereocenters. The van der Waals surface area contributed by atoms with Crippen LogP contribution in [0.2, 0.25) is 0 Å². The smallest absolute Gasteiger partial charge is 0.339 e. The van der Waals surface area contributed by atoms with E-state index in [1.807, 2.05) is 6.92 Å². The van der Waals surface area contributed by atoms with Gasteiger partial charge in [-0.2, -0.15) is 0 Å². The van der Waals surface area contributed by atoms with Gasteiger partial charge in [-0.15, -0.1) is 0 Å². The van der Waals surface area contributed by atoms with E-state index in [9.17, 15) is 13.2 Å². The molecule has 16 heavy (non-hydrogen) atoms. The average Bonchev–Trinajstić information content (AvgIpc) is 2.25. The molecule has 0 saturated heterocycles. The van der Waals surface area contributed by atoms with Gasteiger partial charge in [0, 0.05) is 0 Å². The molecule has 0 aromatic heterocycles. The molecule has 0 aliphatic heterocycles. The lowest BCUT2D eigenvalue weighted by molar-refractivity contribution is 0.0596. The molecule has 0 aliphatic carbocycles. The van der Waals surface area contributed by atoms with Gasteiger partial charge in [-0.3, -0.25) is 0 Å². The first-order valence-corrected chi connectivity index (χ1v) is 6.18. The van der Waals surface area contributed by atoms with Gasteiger partial charge in [0.05, 0.1) is 17.6 Å². The van der Waals surface area contributed by atoms with Crippen molar-refractivity contribution in [3.8, 4) is 0 Å². The van der Waals surface area contributed by atoms with Gasteiger partial charge in [-0.05, 0) is 24.1 Å². The van der Waals surface area contributed by atoms with Gasteiger partial charge in [-0.25, -0.2) is 18.4 Å². The van der Waals surface area contributed by atoms with Gasteiger partial charge >= 0.3 is 5.97 Å². The molecule has 88 valence electrons. The van der Waals surface area contributed by atoms with Crippen molar-refractivity contribution in [2.24, 2.45) is 5.14 Å². The number of hydrogen-bond acceptors (Lipinski definition) is 4. The van der Waals surface area contributed by atoms with E-state index in [1.54, 1.807) is 6.07 Å². The van der Waals surface area contributed by atoms with E-state index in [1.165, 1.54) is 19.2 Å². The number of benzene rings is 1. The molecule has 0 unspecified atom stereocenters. The first-order valence-electron chi connectivity index (χ1n) is 4.64. The summed E-state index contributed by atoms with van der Waals surface area (Å²) in [6, 6.07) is 4.41. The van der Waals surface area contributed by atoms with Crippen molar-refractivity contribution < 1.29 is 17.9 Å². The first-order chi connectivity index (χ1) is 7.40. The fourth-order valence-electron chi connectivity index (χ4n) is 1.31. The molecule has 0 spiro atoms. The zero-order valence-electron chi connectivity index (χ0n) is 9.06. The fourth-order valence-corrected chi connectivity index (χ4v) is 2.02. The lowest BCUT2D eigenvalue weighted by atomic mass is 10.1. The maximum Gasteiger partial charge on any atom is 0.339 e. The number of aryl methyl sites for hydroxylation is 1. The summed E-state index contributed by atoms with van der Waals surface area (Å²) in [5.41, 5.74) is 0.817. The third-order valence-corrected chi connectivity index (χ3v) is 3.13. The lowest BCUT2D eigenvalue weighted by Gasteiger charge is -2.07. The summed E-state index contributed by atoms with van der Waals surface area (Å²) >= 11 is 0. The molecular formula is C10H13NO4S. The van der Waals surface area contributed by atoms with Crippen molar-refractivity contribution in [3.63, 3.8) is 0 Å². The molecule has 0 amide bonds. The van der Waals surface area contributed by atoms with Crippen LogP contribution in [0, 0.1) is 0 Å². The molecule has 0 radical (unpaired) electrons. The quantitative estimate of drug-likeness (QED) is 0.791. The molecule has 0 fully saturated rings. The van der Waals surface area contributed by atoms with Crippen LogP contribution in [-0.2, 0) is 21.2 Å². The van der Waals surface area contributed by atoms with Crippen molar-refractivity contribution >= 4 is 16.0 Å². The number of hydrogen-bond donors (Lipinski definition) is 1. The lowest BCUT2D eigenvalue weighted by Crippen LogP contribution is -2.17. The molecule has 6 heteroatoms. The average molecular weight is 243 g/mol. The molecule has 2 N–H and O–H groups in total. The number of carbonyl (C=O) groups excluding carboxylic acids is 1. The van der Waals surface area contributed by atoms with E-state index in [2.05, 4.69) is 4.74 Å². The van der Waals surface area contributed by atoms with Crippen molar-refractivity contribution in [1.29, 1.82) is 0 Å². The summed E-state index contributed by atoms with van der Waals surface area (Å²) < 4.78 is 27.0. The SMILES string of the molecule is CCc1ccc(S(N)(=O)=O)c(C(=O)OC)c1. The topological polar surface area (TPSA) is 86.5 Å². The zero-order valence-corrected chi connectivity index (χ0v) is 9.87. The summed E-state index contributed by atoms with van der Waals surface area (Å²) in [5, 5.41) is 5.01. The van der Waals surface area contributed by atoms with Crippen LogP contribution in [0.3, 0.4) is 0 Å². The van der Waals surface area contributed by atoms with Crippen LogP contribution >= 0.6 is 0 Å². The van der Waals surface area contributed by atoms with Crippen LogP contribution in [0.15, 0.2) is 23.1 Å². The highest BCUT2D eigenvalue weighted by Crippen LogP contribution is 2.17. The Morgan fingerprint density at radius 1 is 1.44 bits per heavy atom. The van der Waals surface area contributed by atoms with E-state index in [4.69, 9.17) is 5.14 Å². The second kappa shape index (κ2) is 4.63. The Morgan fingerprint density at radius 3 is 2.50 bits per heavy atom. The molecule has 1 rings (SSSR count). The number of esters is 1. The van der Waals surface area contributed by atoms with Crippen LogP contribution in [0.25, 0.3) is 0 Å². The van der Waals surface area contributed by atoms with Gasteiger partial charge in [0.1, 0.15) is 0 Å². The van der Waals surface area contributed by atoms with Gasteiger partial charge in [0.2, 0.25) is 10.0 Å². The van der Waals surface area contributed by atoms with Crippen molar-refractivity contribution in [2.45, 2.75) is 18.2 Å². The van der Waals surface area contributed by atoms with Gasteiger partial charge in [0.25, 0.3) is 0 Å². The highest BCUT2D eigenvalue weighted by atomic mass is 32.2. The van der Waals surface area contributed by atoms with Gasteiger partial charge in [-0.1, -0.05) is 13.0 Å². The van der Waals surface area contributed by atoms with Crippen LogP contribution < -0.4 is 5.14 Å². The molecule has 1 aromatic rings. The zero-order chi connectivity index (χ0) is 12.3. The summed E-state index contributed by atoms with van der Waals surface area (Å²) in [5.74, 6) is -0.709. The third-order valence-electron chi connectivity index (χ3n) is 2.16. The number of rotatable bonds is 3.